The van der Waals surface area contributed by atoms with E-state index in [-0.39, 0.29) is 11.7 Å². The van der Waals surface area contributed by atoms with E-state index in [2.05, 4.69) is 22.1 Å². The number of carbonyl (C=O) groups excluding carboxylic acids is 1. The molecule has 114 valence electrons. The molecular weight excluding hydrogens is 272 g/mol. The van der Waals surface area contributed by atoms with Crippen LogP contribution in [0.15, 0.2) is 18.3 Å². The van der Waals surface area contributed by atoms with E-state index in [1.54, 1.807) is 4.90 Å². The molecule has 0 aromatic carbocycles. The molecule has 2 amide bonds. The van der Waals surface area contributed by atoms with Crippen LogP contribution in [0.25, 0.3) is 0 Å². The van der Waals surface area contributed by atoms with Crippen LogP contribution in [0.4, 0.5) is 10.5 Å². The number of likely N-dealkylation sites (tertiary alicyclic amines) is 1. The Morgan fingerprint density at radius 1 is 1.38 bits per heavy atom. The van der Waals surface area contributed by atoms with Crippen LogP contribution in [0.5, 0.6) is 0 Å². The lowest BCUT2D eigenvalue weighted by Crippen LogP contribution is -2.37. The van der Waals surface area contributed by atoms with Crippen molar-refractivity contribution in [3.8, 4) is 0 Å². The molecule has 1 aliphatic heterocycles. The first-order valence-electron chi connectivity index (χ1n) is 6.80. The summed E-state index contributed by atoms with van der Waals surface area (Å²) in [6.07, 6.45) is 1.35. The number of carboxylic acids is 1. The maximum atomic E-state index is 12.2. The highest BCUT2D eigenvalue weighted by Gasteiger charge is 2.33. The molecule has 21 heavy (non-hydrogen) atoms. The van der Waals surface area contributed by atoms with Crippen LogP contribution in [0.3, 0.4) is 0 Å². The van der Waals surface area contributed by atoms with Crippen molar-refractivity contribution in [2.24, 2.45) is 5.92 Å². The number of likely N-dealkylation sites (N-methyl/N-ethyl adjacent to an activating group) is 1. The van der Waals surface area contributed by atoms with E-state index in [4.69, 9.17) is 5.11 Å². The predicted molar refractivity (Wildman–Crippen MR) is 78.4 cm³/mol. The van der Waals surface area contributed by atoms with Crippen molar-refractivity contribution >= 4 is 17.7 Å². The third-order valence-corrected chi connectivity index (χ3v) is 3.76. The number of hydrogen-bond donors (Lipinski definition) is 2. The standard InChI is InChI=1S/C14H20N4O3/c1-9-7-18(8-12(9)17(2)3)14(21)16-10-4-5-11(13(19)20)15-6-10/h4-6,9,12H,7-8H2,1-3H3,(H,16,21)(H,19,20). The summed E-state index contributed by atoms with van der Waals surface area (Å²) in [7, 11) is 4.02. The summed E-state index contributed by atoms with van der Waals surface area (Å²) < 4.78 is 0. The zero-order valence-corrected chi connectivity index (χ0v) is 12.4. The first kappa shape index (κ1) is 15.2. The van der Waals surface area contributed by atoms with Gasteiger partial charge >= 0.3 is 12.0 Å². The van der Waals surface area contributed by atoms with E-state index in [1.165, 1.54) is 18.3 Å². The van der Waals surface area contributed by atoms with Crippen LogP contribution < -0.4 is 5.32 Å². The number of aromatic nitrogens is 1. The highest BCUT2D eigenvalue weighted by atomic mass is 16.4. The minimum absolute atomic E-state index is 0.0459. The van der Waals surface area contributed by atoms with Crippen LogP contribution in [0.2, 0.25) is 0 Å². The first-order valence-corrected chi connectivity index (χ1v) is 6.80. The summed E-state index contributed by atoms with van der Waals surface area (Å²) >= 11 is 0. The number of pyridine rings is 1. The van der Waals surface area contributed by atoms with E-state index in [1.807, 2.05) is 14.1 Å². The second-order valence-electron chi connectivity index (χ2n) is 5.58. The number of nitrogens with zero attached hydrogens (tertiary/aromatic N) is 3. The third kappa shape index (κ3) is 3.49. The first-order chi connectivity index (χ1) is 9.88. The van der Waals surface area contributed by atoms with Crippen molar-refractivity contribution in [1.29, 1.82) is 0 Å². The molecule has 2 unspecified atom stereocenters. The molecule has 0 aliphatic carbocycles. The van der Waals surface area contributed by atoms with E-state index in [9.17, 15) is 9.59 Å². The minimum atomic E-state index is -1.09. The normalized spacial score (nSPS) is 21.6. The van der Waals surface area contributed by atoms with Crippen molar-refractivity contribution < 1.29 is 14.7 Å². The number of hydrogen-bond acceptors (Lipinski definition) is 4. The van der Waals surface area contributed by atoms with Gasteiger partial charge in [-0.15, -0.1) is 0 Å². The molecule has 0 bridgehead atoms. The van der Waals surface area contributed by atoms with Gasteiger partial charge in [-0.3, -0.25) is 0 Å². The second-order valence-corrected chi connectivity index (χ2v) is 5.58. The number of rotatable bonds is 3. The zero-order valence-electron chi connectivity index (χ0n) is 12.4. The maximum absolute atomic E-state index is 12.2. The topological polar surface area (TPSA) is 85.8 Å². The van der Waals surface area contributed by atoms with Gasteiger partial charge in [0.25, 0.3) is 0 Å². The fourth-order valence-corrected chi connectivity index (χ4v) is 2.58. The molecule has 0 radical (unpaired) electrons. The average Bonchev–Trinajstić information content (AvgIpc) is 2.81. The predicted octanol–water partition coefficient (Wildman–Crippen LogP) is 1.19. The van der Waals surface area contributed by atoms with Crippen LogP contribution in [0, 0.1) is 5.92 Å². The Hall–Kier alpha value is -2.15. The van der Waals surface area contributed by atoms with Crippen molar-refractivity contribution in [1.82, 2.24) is 14.8 Å². The van der Waals surface area contributed by atoms with Gasteiger partial charge in [0.15, 0.2) is 0 Å². The molecule has 2 heterocycles. The largest absolute Gasteiger partial charge is 0.477 e. The van der Waals surface area contributed by atoms with Crippen molar-refractivity contribution in [2.45, 2.75) is 13.0 Å². The van der Waals surface area contributed by atoms with Gasteiger partial charge < -0.3 is 20.2 Å². The molecule has 1 aromatic heterocycles. The Bertz CT molecular complexity index is 530. The van der Waals surface area contributed by atoms with Crippen LogP contribution >= 0.6 is 0 Å². The van der Waals surface area contributed by atoms with Crippen molar-refractivity contribution in [2.75, 3.05) is 32.5 Å². The molecule has 2 N–H and O–H groups in total. The average molecular weight is 292 g/mol. The number of nitrogens with one attached hydrogen (secondary N) is 1. The summed E-state index contributed by atoms with van der Waals surface area (Å²) in [5, 5.41) is 11.5. The van der Waals surface area contributed by atoms with Crippen LogP contribution in [0.1, 0.15) is 17.4 Å². The van der Waals surface area contributed by atoms with Gasteiger partial charge in [0.05, 0.1) is 11.9 Å². The monoisotopic (exact) mass is 292 g/mol. The third-order valence-electron chi connectivity index (χ3n) is 3.76. The molecular formula is C14H20N4O3. The van der Waals surface area contributed by atoms with E-state index >= 15 is 0 Å². The highest BCUT2D eigenvalue weighted by molar-refractivity contribution is 5.90. The molecule has 7 nitrogen and oxygen atoms in total. The molecule has 7 heteroatoms. The molecule has 1 aliphatic rings. The van der Waals surface area contributed by atoms with Crippen LogP contribution in [-0.2, 0) is 0 Å². The SMILES string of the molecule is CC1CN(C(=O)Nc2ccc(C(=O)O)nc2)CC1N(C)C. The number of amides is 2. The Kier molecular flexibility index (Phi) is 4.42. The molecule has 1 fully saturated rings. The van der Waals surface area contributed by atoms with E-state index < -0.39 is 5.97 Å². The van der Waals surface area contributed by atoms with Crippen LogP contribution in [-0.4, -0.2) is 65.1 Å². The van der Waals surface area contributed by atoms with E-state index in [0.29, 0.717) is 30.7 Å². The summed E-state index contributed by atoms with van der Waals surface area (Å²) in [6, 6.07) is 3.07. The summed E-state index contributed by atoms with van der Waals surface area (Å²) in [6.45, 7) is 3.51. The summed E-state index contributed by atoms with van der Waals surface area (Å²) in [4.78, 5) is 30.6. The van der Waals surface area contributed by atoms with Crippen molar-refractivity contribution in [3.05, 3.63) is 24.0 Å². The summed E-state index contributed by atoms with van der Waals surface area (Å²) in [5.41, 5.74) is 0.446. The van der Waals surface area contributed by atoms with Gasteiger partial charge in [0.1, 0.15) is 5.69 Å². The number of aromatic carboxylic acids is 1. The molecule has 2 atom stereocenters. The van der Waals surface area contributed by atoms with Gasteiger partial charge in [0.2, 0.25) is 0 Å². The Balaban J connectivity index is 1.97. The number of anilines is 1. The molecule has 1 saturated heterocycles. The van der Waals surface area contributed by atoms with Crippen molar-refractivity contribution in [3.63, 3.8) is 0 Å². The maximum Gasteiger partial charge on any atom is 0.354 e. The second kappa shape index (κ2) is 6.09. The fraction of sp³-hybridized carbons (Fsp3) is 0.500. The van der Waals surface area contributed by atoms with Gasteiger partial charge in [-0.05, 0) is 32.1 Å². The molecule has 1 aromatic rings. The van der Waals surface area contributed by atoms with Gasteiger partial charge in [-0.2, -0.15) is 0 Å². The molecule has 0 spiro atoms. The zero-order chi connectivity index (χ0) is 15.6. The summed E-state index contributed by atoms with van der Waals surface area (Å²) in [5.74, 6) is -0.673. The highest BCUT2D eigenvalue weighted by Crippen LogP contribution is 2.20. The number of carboxylic acid groups (broad SMARTS) is 1. The Morgan fingerprint density at radius 3 is 2.57 bits per heavy atom. The lowest BCUT2D eigenvalue weighted by molar-refractivity contribution is 0.0690. The Labute approximate surface area is 123 Å². The lowest BCUT2D eigenvalue weighted by Gasteiger charge is -2.22. The quantitative estimate of drug-likeness (QED) is 0.874. The number of urea groups is 1. The fourth-order valence-electron chi connectivity index (χ4n) is 2.58. The smallest absolute Gasteiger partial charge is 0.354 e. The number of carbonyl (C=O) groups is 2. The van der Waals surface area contributed by atoms with Gasteiger partial charge in [0, 0.05) is 19.1 Å². The molecule has 0 saturated carbocycles. The Morgan fingerprint density at radius 2 is 2.10 bits per heavy atom. The minimum Gasteiger partial charge on any atom is -0.477 e. The van der Waals surface area contributed by atoms with Gasteiger partial charge in [-0.25, -0.2) is 14.6 Å². The molecule has 2 rings (SSSR count). The van der Waals surface area contributed by atoms with Gasteiger partial charge in [-0.1, -0.05) is 6.92 Å². The van der Waals surface area contributed by atoms with E-state index in [0.717, 1.165) is 0 Å². The lowest BCUT2D eigenvalue weighted by atomic mass is 10.1.